The van der Waals surface area contributed by atoms with Crippen LogP contribution in [0.3, 0.4) is 0 Å². The van der Waals surface area contributed by atoms with Gasteiger partial charge in [-0.1, -0.05) is 0 Å². The number of methoxy groups -OCH3 is 1. The third-order valence-corrected chi connectivity index (χ3v) is 1.48. The molecule has 13 heavy (non-hydrogen) atoms. The van der Waals surface area contributed by atoms with E-state index in [1.54, 1.807) is 19.2 Å². The van der Waals surface area contributed by atoms with E-state index < -0.39 is 0 Å². The van der Waals surface area contributed by atoms with Crippen molar-refractivity contribution in [2.45, 2.75) is 6.92 Å². The minimum atomic E-state index is 0.250. The summed E-state index contributed by atoms with van der Waals surface area (Å²) in [6.07, 6.45) is 0. The predicted molar refractivity (Wildman–Crippen MR) is 49.0 cm³/mol. The minimum Gasteiger partial charge on any atom is -0.497 e. The van der Waals surface area contributed by atoms with Crippen molar-refractivity contribution < 1.29 is 14.2 Å². The van der Waals surface area contributed by atoms with E-state index in [9.17, 15) is 0 Å². The number of rotatable bonds is 5. The molecule has 0 heterocycles. The maximum absolute atomic E-state index is 5.23. The van der Waals surface area contributed by atoms with Crippen molar-refractivity contribution >= 4 is 0 Å². The second kappa shape index (κ2) is 5.43. The summed E-state index contributed by atoms with van der Waals surface area (Å²) < 4.78 is 15.3. The Balaban J connectivity index is 2.46. The van der Waals surface area contributed by atoms with Gasteiger partial charge in [0.2, 0.25) is 0 Å². The molecule has 0 saturated heterocycles. The van der Waals surface area contributed by atoms with Gasteiger partial charge in [-0.15, -0.1) is 0 Å². The van der Waals surface area contributed by atoms with Crippen LogP contribution in [0.2, 0.25) is 0 Å². The van der Waals surface area contributed by atoms with Crippen LogP contribution in [0.15, 0.2) is 18.2 Å². The largest absolute Gasteiger partial charge is 0.497 e. The average molecular weight is 181 g/mol. The lowest BCUT2D eigenvalue weighted by molar-refractivity contribution is 0.0221. The maximum atomic E-state index is 5.23. The molecule has 1 rings (SSSR count). The molecule has 71 valence electrons. The standard InChI is InChI=1S/C10H13O3/c1-3-12-8-13-10-6-4-5-9(7-10)11-2/h4-5,7H,3,8H2,1-2H3. The Morgan fingerprint density at radius 3 is 3.00 bits per heavy atom. The Kier molecular flexibility index (Phi) is 4.12. The Morgan fingerprint density at radius 1 is 1.46 bits per heavy atom. The molecule has 0 bridgehead atoms. The summed E-state index contributed by atoms with van der Waals surface area (Å²) in [4.78, 5) is 0. The normalized spacial score (nSPS) is 9.69. The van der Waals surface area contributed by atoms with Gasteiger partial charge in [-0.2, -0.15) is 0 Å². The topological polar surface area (TPSA) is 27.7 Å². The van der Waals surface area contributed by atoms with Crippen molar-refractivity contribution in [3.63, 3.8) is 0 Å². The summed E-state index contributed by atoms with van der Waals surface area (Å²) in [5, 5.41) is 0. The molecule has 0 aliphatic heterocycles. The lowest BCUT2D eigenvalue weighted by atomic mass is 10.3. The predicted octanol–water partition coefficient (Wildman–Crippen LogP) is 1.87. The first-order valence-corrected chi connectivity index (χ1v) is 4.13. The van der Waals surface area contributed by atoms with Crippen LogP contribution in [-0.2, 0) is 4.74 Å². The molecule has 1 radical (unpaired) electrons. The maximum Gasteiger partial charge on any atom is 0.189 e. The molecule has 0 aromatic heterocycles. The zero-order chi connectivity index (χ0) is 9.52. The number of ether oxygens (including phenoxy) is 3. The molecule has 0 spiro atoms. The van der Waals surface area contributed by atoms with Crippen LogP contribution in [0.1, 0.15) is 6.92 Å². The first-order chi connectivity index (χ1) is 6.36. The van der Waals surface area contributed by atoms with Crippen LogP contribution in [0, 0.1) is 6.07 Å². The third kappa shape index (κ3) is 3.34. The van der Waals surface area contributed by atoms with Crippen molar-refractivity contribution in [3.05, 3.63) is 24.3 Å². The molecule has 1 aromatic carbocycles. The molecule has 3 nitrogen and oxygen atoms in total. The molecule has 0 N–H and O–H groups in total. The minimum absolute atomic E-state index is 0.250. The van der Waals surface area contributed by atoms with E-state index in [2.05, 4.69) is 6.07 Å². The van der Waals surface area contributed by atoms with Crippen LogP contribution in [-0.4, -0.2) is 20.5 Å². The second-order valence-electron chi connectivity index (χ2n) is 2.35. The molecular formula is C10H13O3. The molecule has 0 amide bonds. The van der Waals surface area contributed by atoms with Crippen LogP contribution in [0.5, 0.6) is 11.5 Å². The van der Waals surface area contributed by atoms with E-state index in [1.807, 2.05) is 13.0 Å². The fourth-order valence-electron chi connectivity index (χ4n) is 0.824. The molecule has 3 heteroatoms. The highest BCUT2D eigenvalue weighted by Gasteiger charge is 1.95. The summed E-state index contributed by atoms with van der Waals surface area (Å²) in [5.41, 5.74) is 0. The van der Waals surface area contributed by atoms with E-state index in [0.717, 1.165) is 5.75 Å². The second-order valence-corrected chi connectivity index (χ2v) is 2.35. The number of hydrogen-bond acceptors (Lipinski definition) is 3. The first kappa shape index (κ1) is 9.86. The molecule has 0 aliphatic rings. The smallest absolute Gasteiger partial charge is 0.189 e. The Labute approximate surface area is 78.2 Å². The summed E-state index contributed by atoms with van der Waals surface area (Å²) in [6.45, 7) is 2.81. The van der Waals surface area contributed by atoms with Crippen molar-refractivity contribution in [3.8, 4) is 11.5 Å². The Bertz CT molecular complexity index is 248. The van der Waals surface area contributed by atoms with E-state index in [-0.39, 0.29) is 6.79 Å². The first-order valence-electron chi connectivity index (χ1n) is 4.13. The lowest BCUT2D eigenvalue weighted by Gasteiger charge is -2.06. The molecule has 0 atom stereocenters. The van der Waals surface area contributed by atoms with Gasteiger partial charge >= 0.3 is 0 Å². The van der Waals surface area contributed by atoms with Crippen molar-refractivity contribution in [1.82, 2.24) is 0 Å². The number of benzene rings is 1. The van der Waals surface area contributed by atoms with Gasteiger partial charge in [-0.25, -0.2) is 0 Å². The van der Waals surface area contributed by atoms with Crippen molar-refractivity contribution in [2.75, 3.05) is 20.5 Å². The molecule has 1 aromatic rings. The monoisotopic (exact) mass is 181 g/mol. The summed E-state index contributed by atoms with van der Waals surface area (Å²) in [6, 6.07) is 8.25. The SMILES string of the molecule is CCOCOc1[c]ccc(OC)c1. The molecular weight excluding hydrogens is 168 g/mol. The van der Waals surface area contributed by atoms with Gasteiger partial charge in [0.25, 0.3) is 0 Å². The van der Waals surface area contributed by atoms with E-state index >= 15 is 0 Å². The molecule has 0 unspecified atom stereocenters. The fourth-order valence-corrected chi connectivity index (χ4v) is 0.824. The quantitative estimate of drug-likeness (QED) is 0.512. The highest BCUT2D eigenvalue weighted by molar-refractivity contribution is 5.31. The van der Waals surface area contributed by atoms with Gasteiger partial charge in [0, 0.05) is 18.7 Å². The van der Waals surface area contributed by atoms with Crippen LogP contribution >= 0.6 is 0 Å². The van der Waals surface area contributed by atoms with Gasteiger partial charge < -0.3 is 14.2 Å². The molecule has 0 fully saturated rings. The summed E-state index contributed by atoms with van der Waals surface area (Å²) in [7, 11) is 1.61. The van der Waals surface area contributed by atoms with E-state index in [4.69, 9.17) is 14.2 Å². The van der Waals surface area contributed by atoms with Crippen LogP contribution in [0.4, 0.5) is 0 Å². The van der Waals surface area contributed by atoms with Gasteiger partial charge in [0.1, 0.15) is 11.5 Å². The van der Waals surface area contributed by atoms with Gasteiger partial charge in [0.15, 0.2) is 6.79 Å². The number of hydrogen-bond donors (Lipinski definition) is 0. The van der Waals surface area contributed by atoms with Crippen molar-refractivity contribution in [1.29, 1.82) is 0 Å². The highest BCUT2D eigenvalue weighted by atomic mass is 16.7. The van der Waals surface area contributed by atoms with E-state index in [0.29, 0.717) is 12.4 Å². The van der Waals surface area contributed by atoms with Gasteiger partial charge in [-0.3, -0.25) is 0 Å². The zero-order valence-corrected chi connectivity index (χ0v) is 7.87. The average Bonchev–Trinajstić information content (AvgIpc) is 2.19. The molecule has 0 aliphatic carbocycles. The Hall–Kier alpha value is -1.22. The van der Waals surface area contributed by atoms with Crippen LogP contribution < -0.4 is 9.47 Å². The summed E-state index contributed by atoms with van der Waals surface area (Å²) >= 11 is 0. The van der Waals surface area contributed by atoms with Crippen LogP contribution in [0.25, 0.3) is 0 Å². The highest BCUT2D eigenvalue weighted by Crippen LogP contribution is 2.17. The summed E-state index contributed by atoms with van der Waals surface area (Å²) in [5.74, 6) is 1.39. The third-order valence-electron chi connectivity index (χ3n) is 1.48. The molecule has 0 saturated carbocycles. The lowest BCUT2D eigenvalue weighted by Crippen LogP contribution is -2.02. The van der Waals surface area contributed by atoms with Gasteiger partial charge in [-0.05, 0) is 19.1 Å². The zero-order valence-electron chi connectivity index (χ0n) is 7.87. The van der Waals surface area contributed by atoms with Crippen molar-refractivity contribution in [2.24, 2.45) is 0 Å². The fraction of sp³-hybridized carbons (Fsp3) is 0.400. The Morgan fingerprint density at radius 2 is 2.31 bits per heavy atom. The van der Waals surface area contributed by atoms with E-state index in [1.165, 1.54) is 0 Å². The van der Waals surface area contributed by atoms with Gasteiger partial charge in [0.05, 0.1) is 7.11 Å².